The number of nitrogens with zero attached hydrogens (tertiary/aromatic N) is 2. The van der Waals surface area contributed by atoms with Crippen molar-refractivity contribution in [2.45, 2.75) is 37.9 Å². The third-order valence-corrected chi connectivity index (χ3v) is 4.98. The molecule has 3 rings (SSSR count). The molecule has 2 heterocycles. The van der Waals surface area contributed by atoms with E-state index in [4.69, 9.17) is 0 Å². The number of carbonyl (C=O) groups is 1. The van der Waals surface area contributed by atoms with Gasteiger partial charge >= 0.3 is 6.18 Å². The first-order valence-corrected chi connectivity index (χ1v) is 8.81. The molecule has 2 aliphatic rings. The fourth-order valence-electron chi connectivity index (χ4n) is 3.62. The predicted octanol–water partition coefficient (Wildman–Crippen LogP) is 3.96. The maximum absolute atomic E-state index is 12.8. The molecule has 136 valence electrons. The summed E-state index contributed by atoms with van der Waals surface area (Å²) in [6, 6.07) is 4.98. The van der Waals surface area contributed by atoms with Crippen molar-refractivity contribution >= 4 is 5.78 Å². The molecule has 0 saturated carbocycles. The van der Waals surface area contributed by atoms with Crippen LogP contribution in [0, 0.1) is 0 Å². The Morgan fingerprint density at radius 1 is 1.16 bits per heavy atom. The van der Waals surface area contributed by atoms with E-state index >= 15 is 0 Å². The molecular weight excluding hydrogens is 329 g/mol. The molecule has 0 spiro atoms. The normalized spacial score (nSPS) is 22.2. The monoisotopic (exact) mass is 352 g/mol. The maximum atomic E-state index is 12.8. The molecule has 1 atom stereocenters. The summed E-state index contributed by atoms with van der Waals surface area (Å²) in [5, 5.41) is 0. The standard InChI is InChI=1S/C19H23F3N2O/c20-19(21,22)16-6-3-5-15(13-16)18(25)8-12-24-11-4-7-17(24)14-23-9-1-2-10-23/h3,5-6,8,12-13,17H,1-2,4,7,9-11,14H2/b12-8+/t17-/m0/s1. The Kier molecular flexibility index (Phi) is 5.47. The molecule has 1 aromatic rings. The van der Waals surface area contributed by atoms with Gasteiger partial charge in [0.05, 0.1) is 5.56 Å². The van der Waals surface area contributed by atoms with Gasteiger partial charge in [0.1, 0.15) is 0 Å². The van der Waals surface area contributed by atoms with Crippen LogP contribution in [0.15, 0.2) is 36.5 Å². The lowest BCUT2D eigenvalue weighted by molar-refractivity contribution is -0.137. The molecule has 25 heavy (non-hydrogen) atoms. The molecule has 0 N–H and O–H groups in total. The summed E-state index contributed by atoms with van der Waals surface area (Å²) in [5.41, 5.74) is -0.721. The smallest absolute Gasteiger partial charge is 0.373 e. The molecule has 0 bridgehead atoms. The van der Waals surface area contributed by atoms with Crippen molar-refractivity contribution in [3.63, 3.8) is 0 Å². The van der Waals surface area contributed by atoms with E-state index in [1.165, 1.54) is 31.1 Å². The molecule has 0 aromatic heterocycles. The van der Waals surface area contributed by atoms with E-state index in [2.05, 4.69) is 9.80 Å². The molecular formula is C19H23F3N2O. The van der Waals surface area contributed by atoms with E-state index in [1.54, 1.807) is 6.20 Å². The molecule has 1 aromatic carbocycles. The van der Waals surface area contributed by atoms with Gasteiger partial charge < -0.3 is 9.80 Å². The second-order valence-electron chi connectivity index (χ2n) is 6.80. The Morgan fingerprint density at radius 2 is 1.92 bits per heavy atom. The lowest BCUT2D eigenvalue weighted by Crippen LogP contribution is -2.36. The largest absolute Gasteiger partial charge is 0.416 e. The molecule has 2 saturated heterocycles. The second-order valence-corrected chi connectivity index (χ2v) is 6.80. The van der Waals surface area contributed by atoms with E-state index in [9.17, 15) is 18.0 Å². The quantitative estimate of drug-likeness (QED) is 0.592. The zero-order valence-corrected chi connectivity index (χ0v) is 14.1. The Hall–Kier alpha value is -1.82. The fourth-order valence-corrected chi connectivity index (χ4v) is 3.62. The predicted molar refractivity (Wildman–Crippen MR) is 90.3 cm³/mol. The highest BCUT2D eigenvalue weighted by Crippen LogP contribution is 2.29. The minimum Gasteiger partial charge on any atom is -0.373 e. The van der Waals surface area contributed by atoms with Crippen LogP contribution >= 0.6 is 0 Å². The van der Waals surface area contributed by atoms with Crippen LogP contribution in [0.25, 0.3) is 0 Å². The van der Waals surface area contributed by atoms with E-state index in [0.717, 1.165) is 51.2 Å². The number of hydrogen-bond acceptors (Lipinski definition) is 3. The van der Waals surface area contributed by atoms with Crippen LogP contribution in [0.2, 0.25) is 0 Å². The average Bonchev–Trinajstić information content (AvgIpc) is 3.24. The Bertz CT molecular complexity index is 636. The summed E-state index contributed by atoms with van der Waals surface area (Å²) in [5.74, 6) is -0.391. The van der Waals surface area contributed by atoms with Crippen LogP contribution in [0.5, 0.6) is 0 Å². The molecule has 3 nitrogen and oxygen atoms in total. The number of allylic oxidation sites excluding steroid dienone is 1. The molecule has 0 unspecified atom stereocenters. The minimum absolute atomic E-state index is 0.0707. The third kappa shape index (κ3) is 4.63. The Morgan fingerprint density at radius 3 is 2.64 bits per heavy atom. The number of likely N-dealkylation sites (tertiary alicyclic amines) is 2. The van der Waals surface area contributed by atoms with Gasteiger partial charge in [0.15, 0.2) is 5.78 Å². The zero-order chi connectivity index (χ0) is 17.9. The van der Waals surface area contributed by atoms with Gasteiger partial charge in [-0.15, -0.1) is 0 Å². The van der Waals surface area contributed by atoms with Gasteiger partial charge in [-0.3, -0.25) is 4.79 Å². The van der Waals surface area contributed by atoms with Crippen molar-refractivity contribution in [3.8, 4) is 0 Å². The van der Waals surface area contributed by atoms with E-state index < -0.39 is 17.5 Å². The number of ketones is 1. The van der Waals surface area contributed by atoms with Gasteiger partial charge in [0.25, 0.3) is 0 Å². The number of carbonyl (C=O) groups excluding carboxylic acids is 1. The molecule has 0 radical (unpaired) electrons. The molecule has 2 aliphatic heterocycles. The van der Waals surface area contributed by atoms with Gasteiger partial charge in [0, 0.05) is 37.0 Å². The summed E-state index contributed by atoms with van der Waals surface area (Å²) >= 11 is 0. The summed E-state index contributed by atoms with van der Waals surface area (Å²) in [7, 11) is 0. The maximum Gasteiger partial charge on any atom is 0.416 e. The van der Waals surface area contributed by atoms with Crippen LogP contribution in [-0.2, 0) is 6.18 Å². The van der Waals surface area contributed by atoms with E-state index in [1.807, 2.05) is 0 Å². The summed E-state index contributed by atoms with van der Waals surface area (Å²) < 4.78 is 38.3. The summed E-state index contributed by atoms with van der Waals surface area (Å²) in [6.07, 6.45) is 3.40. The van der Waals surface area contributed by atoms with Gasteiger partial charge in [-0.2, -0.15) is 13.2 Å². The number of hydrogen-bond donors (Lipinski definition) is 0. The topological polar surface area (TPSA) is 23.6 Å². The SMILES string of the molecule is O=C(/C=C/N1CCC[C@H]1CN1CCCC1)c1cccc(C(F)(F)F)c1. The Balaban J connectivity index is 1.63. The highest BCUT2D eigenvalue weighted by molar-refractivity contribution is 6.04. The zero-order valence-electron chi connectivity index (χ0n) is 14.1. The van der Waals surface area contributed by atoms with Crippen molar-refractivity contribution in [2.24, 2.45) is 0 Å². The van der Waals surface area contributed by atoms with Gasteiger partial charge in [-0.25, -0.2) is 0 Å². The molecule has 6 heteroatoms. The molecule has 2 fully saturated rings. The first-order valence-electron chi connectivity index (χ1n) is 8.81. The van der Waals surface area contributed by atoms with Crippen LogP contribution in [0.1, 0.15) is 41.6 Å². The highest BCUT2D eigenvalue weighted by Gasteiger charge is 2.31. The highest BCUT2D eigenvalue weighted by atomic mass is 19.4. The van der Waals surface area contributed by atoms with Crippen molar-refractivity contribution in [1.29, 1.82) is 0 Å². The van der Waals surface area contributed by atoms with Gasteiger partial charge in [0.2, 0.25) is 0 Å². The van der Waals surface area contributed by atoms with Crippen molar-refractivity contribution in [3.05, 3.63) is 47.7 Å². The van der Waals surface area contributed by atoms with Crippen LogP contribution in [-0.4, -0.2) is 47.8 Å². The van der Waals surface area contributed by atoms with Crippen molar-refractivity contribution in [1.82, 2.24) is 9.80 Å². The fraction of sp³-hybridized carbons (Fsp3) is 0.526. The van der Waals surface area contributed by atoms with Gasteiger partial charge in [-0.1, -0.05) is 12.1 Å². The first kappa shape index (κ1) is 18.0. The first-order chi connectivity index (χ1) is 11.9. The van der Waals surface area contributed by atoms with Crippen LogP contribution < -0.4 is 0 Å². The lowest BCUT2D eigenvalue weighted by Gasteiger charge is -2.27. The van der Waals surface area contributed by atoms with Crippen LogP contribution in [0.4, 0.5) is 13.2 Å². The summed E-state index contributed by atoms with van der Waals surface area (Å²) in [6.45, 7) is 4.17. The van der Waals surface area contributed by atoms with Crippen molar-refractivity contribution < 1.29 is 18.0 Å². The molecule has 0 amide bonds. The molecule has 0 aliphatic carbocycles. The number of halogens is 3. The number of benzene rings is 1. The number of alkyl halides is 3. The van der Waals surface area contributed by atoms with E-state index in [-0.39, 0.29) is 5.56 Å². The minimum atomic E-state index is -4.43. The van der Waals surface area contributed by atoms with Crippen molar-refractivity contribution in [2.75, 3.05) is 26.2 Å². The second kappa shape index (κ2) is 7.60. The van der Waals surface area contributed by atoms with Crippen LogP contribution in [0.3, 0.4) is 0 Å². The third-order valence-electron chi connectivity index (χ3n) is 4.98. The lowest BCUT2D eigenvalue weighted by atomic mass is 10.1. The summed E-state index contributed by atoms with van der Waals surface area (Å²) in [4.78, 5) is 16.8. The van der Waals surface area contributed by atoms with Gasteiger partial charge in [-0.05, 0) is 50.9 Å². The average molecular weight is 352 g/mol. The van der Waals surface area contributed by atoms with E-state index in [0.29, 0.717) is 6.04 Å². The number of rotatable bonds is 5. The Labute approximate surface area is 146 Å².